The molecule has 0 spiro atoms. The molecule has 1 aliphatic rings. The molecule has 108 valence electrons. The Labute approximate surface area is 126 Å². The van der Waals surface area contributed by atoms with Crippen LogP contribution in [-0.2, 0) is 11.2 Å². The Morgan fingerprint density at radius 3 is 2.43 bits per heavy atom. The highest BCUT2D eigenvalue weighted by atomic mass is 16.2. The monoisotopic (exact) mass is 279 g/mol. The fraction of sp³-hybridized carbons (Fsp3) is 0.316. The first-order valence-electron chi connectivity index (χ1n) is 7.71. The van der Waals surface area contributed by atoms with Gasteiger partial charge in [-0.15, -0.1) is 0 Å². The molecule has 0 saturated heterocycles. The summed E-state index contributed by atoms with van der Waals surface area (Å²) < 4.78 is 0. The number of likely N-dealkylation sites (N-methyl/N-ethyl adjacent to an activating group) is 1. The quantitative estimate of drug-likeness (QED) is 0.812. The molecular weight excluding hydrogens is 258 g/mol. The summed E-state index contributed by atoms with van der Waals surface area (Å²) >= 11 is 0. The predicted octanol–water partition coefficient (Wildman–Crippen LogP) is 3.91. The highest BCUT2D eigenvalue weighted by Gasteiger charge is 2.31. The first kappa shape index (κ1) is 13.9. The zero-order valence-electron chi connectivity index (χ0n) is 12.5. The standard InChI is InChI=1S/C19H21NO/c1-2-20(18-11-12-18)19(21)14-15-7-6-10-17(13-15)16-8-4-3-5-9-16/h3-10,13,18H,2,11-12,14H2,1H3. The molecule has 1 amide bonds. The maximum Gasteiger partial charge on any atom is 0.227 e. The van der Waals surface area contributed by atoms with Crippen LogP contribution in [0, 0.1) is 0 Å². The van der Waals surface area contributed by atoms with E-state index in [2.05, 4.69) is 31.2 Å². The van der Waals surface area contributed by atoms with Crippen molar-refractivity contribution in [2.75, 3.05) is 6.54 Å². The molecule has 1 saturated carbocycles. The summed E-state index contributed by atoms with van der Waals surface area (Å²) in [4.78, 5) is 14.4. The second kappa shape index (κ2) is 6.13. The average molecular weight is 279 g/mol. The number of nitrogens with zero attached hydrogens (tertiary/aromatic N) is 1. The Morgan fingerprint density at radius 1 is 1.05 bits per heavy atom. The molecule has 2 nitrogen and oxygen atoms in total. The highest BCUT2D eigenvalue weighted by molar-refractivity contribution is 5.80. The Bertz CT molecular complexity index is 616. The van der Waals surface area contributed by atoms with Gasteiger partial charge in [0.2, 0.25) is 5.91 Å². The number of benzene rings is 2. The molecular formula is C19H21NO. The topological polar surface area (TPSA) is 20.3 Å². The van der Waals surface area contributed by atoms with E-state index in [0.29, 0.717) is 12.5 Å². The van der Waals surface area contributed by atoms with Gasteiger partial charge in [-0.2, -0.15) is 0 Å². The Kier molecular flexibility index (Phi) is 4.05. The van der Waals surface area contributed by atoms with Gasteiger partial charge >= 0.3 is 0 Å². The minimum absolute atomic E-state index is 0.255. The lowest BCUT2D eigenvalue weighted by molar-refractivity contribution is -0.130. The Balaban J connectivity index is 1.75. The Morgan fingerprint density at radius 2 is 1.76 bits per heavy atom. The lowest BCUT2D eigenvalue weighted by Crippen LogP contribution is -2.34. The zero-order chi connectivity index (χ0) is 14.7. The molecule has 0 atom stereocenters. The smallest absolute Gasteiger partial charge is 0.227 e. The van der Waals surface area contributed by atoms with Crippen LogP contribution in [0.1, 0.15) is 25.3 Å². The van der Waals surface area contributed by atoms with Crippen LogP contribution < -0.4 is 0 Å². The molecule has 0 unspecified atom stereocenters. The largest absolute Gasteiger partial charge is 0.340 e. The molecule has 0 N–H and O–H groups in total. The van der Waals surface area contributed by atoms with Crippen molar-refractivity contribution >= 4 is 5.91 Å². The molecule has 3 rings (SSSR count). The SMILES string of the molecule is CCN(C(=O)Cc1cccc(-c2ccccc2)c1)C1CC1. The van der Waals surface area contributed by atoms with Gasteiger partial charge in [0, 0.05) is 12.6 Å². The first-order valence-corrected chi connectivity index (χ1v) is 7.71. The lowest BCUT2D eigenvalue weighted by atomic mass is 10.0. The molecule has 0 aliphatic heterocycles. The summed E-state index contributed by atoms with van der Waals surface area (Å²) in [6, 6.07) is 19.1. The Hall–Kier alpha value is -2.09. The second-order valence-electron chi connectivity index (χ2n) is 5.65. The van der Waals surface area contributed by atoms with Crippen molar-refractivity contribution < 1.29 is 4.79 Å². The van der Waals surface area contributed by atoms with E-state index in [0.717, 1.165) is 12.1 Å². The van der Waals surface area contributed by atoms with Crippen molar-refractivity contribution in [2.24, 2.45) is 0 Å². The van der Waals surface area contributed by atoms with Gasteiger partial charge in [0.15, 0.2) is 0 Å². The number of hydrogen-bond donors (Lipinski definition) is 0. The van der Waals surface area contributed by atoms with Crippen LogP contribution in [0.25, 0.3) is 11.1 Å². The van der Waals surface area contributed by atoms with Crippen LogP contribution >= 0.6 is 0 Å². The third kappa shape index (κ3) is 3.33. The average Bonchev–Trinajstić information content (AvgIpc) is 3.34. The predicted molar refractivity (Wildman–Crippen MR) is 86.0 cm³/mol. The van der Waals surface area contributed by atoms with Gasteiger partial charge in [-0.25, -0.2) is 0 Å². The summed E-state index contributed by atoms with van der Waals surface area (Å²) in [5, 5.41) is 0. The van der Waals surface area contributed by atoms with Crippen LogP contribution in [-0.4, -0.2) is 23.4 Å². The fourth-order valence-corrected chi connectivity index (χ4v) is 2.79. The minimum Gasteiger partial charge on any atom is -0.340 e. The number of carbonyl (C=O) groups excluding carboxylic acids is 1. The first-order chi connectivity index (χ1) is 10.3. The second-order valence-corrected chi connectivity index (χ2v) is 5.65. The number of carbonyl (C=O) groups is 1. The van der Waals surface area contributed by atoms with Crippen LogP contribution in [0.3, 0.4) is 0 Å². The molecule has 0 heterocycles. The maximum atomic E-state index is 12.4. The fourth-order valence-electron chi connectivity index (χ4n) is 2.79. The molecule has 0 bridgehead atoms. The van der Waals surface area contributed by atoms with Crippen LogP contribution in [0.15, 0.2) is 54.6 Å². The van der Waals surface area contributed by atoms with E-state index in [1.165, 1.54) is 24.0 Å². The van der Waals surface area contributed by atoms with Crippen molar-refractivity contribution in [3.8, 4) is 11.1 Å². The van der Waals surface area contributed by atoms with Gasteiger partial charge in [0.25, 0.3) is 0 Å². The molecule has 0 aromatic heterocycles. The summed E-state index contributed by atoms with van der Waals surface area (Å²) in [7, 11) is 0. The number of amides is 1. The minimum atomic E-state index is 0.255. The van der Waals surface area contributed by atoms with Gasteiger partial charge in [-0.05, 0) is 36.5 Å². The molecule has 2 aromatic rings. The van der Waals surface area contributed by atoms with E-state index in [1.807, 2.05) is 35.2 Å². The zero-order valence-corrected chi connectivity index (χ0v) is 12.5. The molecule has 1 aliphatic carbocycles. The third-order valence-electron chi connectivity index (χ3n) is 4.04. The van der Waals surface area contributed by atoms with Crippen molar-refractivity contribution in [3.05, 3.63) is 60.2 Å². The molecule has 0 radical (unpaired) electrons. The van der Waals surface area contributed by atoms with Gasteiger partial charge in [0.1, 0.15) is 0 Å². The lowest BCUT2D eigenvalue weighted by Gasteiger charge is -2.20. The van der Waals surface area contributed by atoms with E-state index < -0.39 is 0 Å². The van der Waals surface area contributed by atoms with E-state index >= 15 is 0 Å². The summed E-state index contributed by atoms with van der Waals surface area (Å²) in [6.45, 7) is 2.89. The maximum absolute atomic E-state index is 12.4. The molecule has 2 heteroatoms. The van der Waals surface area contributed by atoms with E-state index in [1.54, 1.807) is 0 Å². The normalized spacial score (nSPS) is 14.0. The van der Waals surface area contributed by atoms with Gasteiger partial charge in [0.05, 0.1) is 6.42 Å². The van der Waals surface area contributed by atoms with E-state index in [-0.39, 0.29) is 5.91 Å². The molecule has 1 fully saturated rings. The number of hydrogen-bond acceptors (Lipinski definition) is 1. The summed E-state index contributed by atoms with van der Waals surface area (Å²) in [5.74, 6) is 0.255. The summed E-state index contributed by atoms with van der Waals surface area (Å²) in [5.41, 5.74) is 3.47. The van der Waals surface area contributed by atoms with Gasteiger partial charge in [-0.1, -0.05) is 54.6 Å². The molecule has 2 aromatic carbocycles. The summed E-state index contributed by atoms with van der Waals surface area (Å²) in [6.07, 6.45) is 2.85. The third-order valence-corrected chi connectivity index (χ3v) is 4.04. The van der Waals surface area contributed by atoms with Crippen molar-refractivity contribution in [2.45, 2.75) is 32.2 Å². The van der Waals surface area contributed by atoms with Gasteiger partial charge in [-0.3, -0.25) is 4.79 Å². The van der Waals surface area contributed by atoms with Crippen LogP contribution in [0.5, 0.6) is 0 Å². The highest BCUT2D eigenvalue weighted by Crippen LogP contribution is 2.27. The van der Waals surface area contributed by atoms with Crippen LogP contribution in [0.2, 0.25) is 0 Å². The molecule has 21 heavy (non-hydrogen) atoms. The van der Waals surface area contributed by atoms with Crippen molar-refractivity contribution in [1.29, 1.82) is 0 Å². The van der Waals surface area contributed by atoms with Gasteiger partial charge < -0.3 is 4.90 Å². The van der Waals surface area contributed by atoms with Crippen LogP contribution in [0.4, 0.5) is 0 Å². The number of rotatable bonds is 5. The van der Waals surface area contributed by atoms with E-state index in [4.69, 9.17) is 0 Å². The van der Waals surface area contributed by atoms with Crippen molar-refractivity contribution in [1.82, 2.24) is 4.90 Å². The van der Waals surface area contributed by atoms with Crippen molar-refractivity contribution in [3.63, 3.8) is 0 Å². The van der Waals surface area contributed by atoms with E-state index in [9.17, 15) is 4.79 Å².